The molecule has 1 saturated heterocycles. The van der Waals surface area contributed by atoms with E-state index in [2.05, 4.69) is 0 Å². The average Bonchev–Trinajstić information content (AvgIpc) is 2.48. The fourth-order valence-corrected chi connectivity index (χ4v) is 2.18. The standard InChI is InChI=1S/C14H20O6/c1-8(9-5-3-2-4-6-9)19-14-13(18)12(17)11(16)10(7-15)20-14/h2-6,8,10-18H,7H2,1H3/t8?,10-,11-,12+,13-,14+/m1/s1. The predicted molar refractivity (Wildman–Crippen MR) is 69.7 cm³/mol. The van der Waals surface area contributed by atoms with Gasteiger partial charge in [0.1, 0.15) is 24.4 Å². The molecule has 0 spiro atoms. The SMILES string of the molecule is CC(O[C@H]1O[C@H](CO)[C@@H](O)[C@H](O)[C@H]1O)c1ccccc1. The van der Waals surface area contributed by atoms with Crippen LogP contribution < -0.4 is 0 Å². The lowest BCUT2D eigenvalue weighted by molar-refractivity contribution is -0.311. The first-order valence-electron chi connectivity index (χ1n) is 6.55. The van der Waals surface area contributed by atoms with Gasteiger partial charge in [-0.1, -0.05) is 30.3 Å². The smallest absolute Gasteiger partial charge is 0.187 e. The van der Waals surface area contributed by atoms with Gasteiger partial charge in [0.15, 0.2) is 6.29 Å². The van der Waals surface area contributed by atoms with Gasteiger partial charge in [0.2, 0.25) is 0 Å². The Bertz CT molecular complexity index is 409. The van der Waals surface area contributed by atoms with Crippen molar-refractivity contribution in [3.05, 3.63) is 35.9 Å². The maximum atomic E-state index is 9.88. The zero-order valence-electron chi connectivity index (χ0n) is 11.2. The van der Waals surface area contributed by atoms with E-state index in [1.807, 2.05) is 30.3 Å². The molecule has 0 bridgehead atoms. The van der Waals surface area contributed by atoms with E-state index in [-0.39, 0.29) is 6.10 Å². The van der Waals surface area contributed by atoms with Gasteiger partial charge in [-0.3, -0.25) is 0 Å². The van der Waals surface area contributed by atoms with Crippen molar-refractivity contribution in [2.24, 2.45) is 0 Å². The largest absolute Gasteiger partial charge is 0.394 e. The monoisotopic (exact) mass is 284 g/mol. The second-order valence-corrected chi connectivity index (χ2v) is 4.89. The maximum Gasteiger partial charge on any atom is 0.187 e. The maximum absolute atomic E-state index is 9.88. The quantitative estimate of drug-likeness (QED) is 0.598. The Morgan fingerprint density at radius 3 is 2.35 bits per heavy atom. The number of aliphatic hydroxyl groups is 4. The molecular formula is C14H20O6. The molecule has 0 aliphatic carbocycles. The molecular weight excluding hydrogens is 264 g/mol. The van der Waals surface area contributed by atoms with Crippen molar-refractivity contribution in [3.8, 4) is 0 Å². The van der Waals surface area contributed by atoms with Gasteiger partial charge >= 0.3 is 0 Å². The van der Waals surface area contributed by atoms with Crippen LogP contribution in [0.1, 0.15) is 18.6 Å². The summed E-state index contributed by atoms with van der Waals surface area (Å²) in [5.41, 5.74) is 0.893. The van der Waals surface area contributed by atoms with E-state index < -0.39 is 37.3 Å². The van der Waals surface area contributed by atoms with Crippen molar-refractivity contribution in [2.75, 3.05) is 6.61 Å². The number of benzene rings is 1. The Hall–Kier alpha value is -1.02. The van der Waals surface area contributed by atoms with Gasteiger partial charge in [-0.15, -0.1) is 0 Å². The van der Waals surface area contributed by atoms with Gasteiger partial charge in [0.05, 0.1) is 12.7 Å². The van der Waals surface area contributed by atoms with Crippen LogP contribution in [-0.2, 0) is 9.47 Å². The van der Waals surface area contributed by atoms with Crippen LogP contribution in [0.25, 0.3) is 0 Å². The number of hydrogen-bond acceptors (Lipinski definition) is 6. The molecule has 0 amide bonds. The van der Waals surface area contributed by atoms with Gasteiger partial charge in [-0.25, -0.2) is 0 Å². The van der Waals surface area contributed by atoms with E-state index in [4.69, 9.17) is 14.6 Å². The van der Waals surface area contributed by atoms with E-state index >= 15 is 0 Å². The van der Waals surface area contributed by atoms with Gasteiger partial charge in [-0.2, -0.15) is 0 Å². The highest BCUT2D eigenvalue weighted by Gasteiger charge is 2.44. The first kappa shape index (κ1) is 15.4. The molecule has 1 aliphatic rings. The summed E-state index contributed by atoms with van der Waals surface area (Å²) in [5.74, 6) is 0. The molecule has 20 heavy (non-hydrogen) atoms. The molecule has 0 radical (unpaired) electrons. The van der Waals surface area contributed by atoms with E-state index in [0.717, 1.165) is 5.56 Å². The molecule has 1 unspecified atom stereocenters. The van der Waals surface area contributed by atoms with E-state index in [1.165, 1.54) is 0 Å². The summed E-state index contributed by atoms with van der Waals surface area (Å²) in [4.78, 5) is 0. The van der Waals surface area contributed by atoms with Crippen molar-refractivity contribution in [3.63, 3.8) is 0 Å². The summed E-state index contributed by atoms with van der Waals surface area (Å²) in [6.07, 6.45) is -6.60. The van der Waals surface area contributed by atoms with Crippen LogP contribution in [0, 0.1) is 0 Å². The third-order valence-electron chi connectivity index (χ3n) is 3.46. The predicted octanol–water partition coefficient (Wildman–Crippen LogP) is -0.436. The van der Waals surface area contributed by atoms with Crippen LogP contribution in [0.4, 0.5) is 0 Å². The second-order valence-electron chi connectivity index (χ2n) is 4.89. The van der Waals surface area contributed by atoms with Crippen molar-refractivity contribution >= 4 is 0 Å². The minimum Gasteiger partial charge on any atom is -0.394 e. The normalized spacial score (nSPS) is 35.8. The fraction of sp³-hybridized carbons (Fsp3) is 0.571. The fourth-order valence-electron chi connectivity index (χ4n) is 2.18. The molecule has 6 nitrogen and oxygen atoms in total. The average molecular weight is 284 g/mol. The van der Waals surface area contributed by atoms with Crippen LogP contribution in [0.15, 0.2) is 30.3 Å². The highest BCUT2D eigenvalue weighted by atomic mass is 16.7. The number of hydrogen-bond donors (Lipinski definition) is 4. The Balaban J connectivity index is 2.04. The minimum absolute atomic E-state index is 0.363. The summed E-state index contributed by atoms with van der Waals surface area (Å²) in [7, 11) is 0. The lowest BCUT2D eigenvalue weighted by Crippen LogP contribution is -2.59. The van der Waals surface area contributed by atoms with Crippen molar-refractivity contribution in [1.29, 1.82) is 0 Å². The Morgan fingerprint density at radius 1 is 1.10 bits per heavy atom. The zero-order chi connectivity index (χ0) is 14.7. The molecule has 6 heteroatoms. The van der Waals surface area contributed by atoms with Gasteiger partial charge < -0.3 is 29.9 Å². The Kier molecular flexibility index (Phi) is 5.09. The second kappa shape index (κ2) is 6.62. The minimum atomic E-state index is -1.42. The van der Waals surface area contributed by atoms with Crippen molar-refractivity contribution in [1.82, 2.24) is 0 Å². The molecule has 1 fully saturated rings. The highest BCUT2D eigenvalue weighted by molar-refractivity contribution is 5.16. The van der Waals surface area contributed by atoms with Gasteiger partial charge in [-0.05, 0) is 12.5 Å². The highest BCUT2D eigenvalue weighted by Crippen LogP contribution is 2.26. The summed E-state index contributed by atoms with van der Waals surface area (Å²) in [6.45, 7) is 1.32. The van der Waals surface area contributed by atoms with Crippen LogP contribution in [0.5, 0.6) is 0 Å². The molecule has 4 N–H and O–H groups in total. The topological polar surface area (TPSA) is 99.4 Å². The molecule has 1 aromatic carbocycles. The summed E-state index contributed by atoms with van der Waals surface area (Å²) >= 11 is 0. The first-order chi connectivity index (χ1) is 9.54. The van der Waals surface area contributed by atoms with E-state index in [9.17, 15) is 15.3 Å². The summed E-state index contributed by atoms with van der Waals surface area (Å²) in [6, 6.07) is 9.35. The van der Waals surface area contributed by atoms with Crippen molar-refractivity contribution < 1.29 is 29.9 Å². The van der Waals surface area contributed by atoms with Gasteiger partial charge in [0, 0.05) is 0 Å². The zero-order valence-corrected chi connectivity index (χ0v) is 11.2. The third kappa shape index (κ3) is 3.17. The molecule has 1 heterocycles. The van der Waals surface area contributed by atoms with Crippen LogP contribution in [-0.4, -0.2) is 57.7 Å². The number of rotatable bonds is 4. The molecule has 1 aromatic rings. The molecule has 6 atom stereocenters. The summed E-state index contributed by atoms with van der Waals surface area (Å²) in [5, 5.41) is 38.3. The molecule has 2 rings (SSSR count). The van der Waals surface area contributed by atoms with Crippen LogP contribution >= 0.6 is 0 Å². The Morgan fingerprint density at radius 2 is 1.75 bits per heavy atom. The Labute approximate surface area is 117 Å². The lowest BCUT2D eigenvalue weighted by atomic mass is 9.99. The summed E-state index contributed by atoms with van der Waals surface area (Å²) < 4.78 is 10.9. The number of aliphatic hydroxyl groups excluding tert-OH is 4. The first-order valence-corrected chi connectivity index (χ1v) is 6.55. The lowest BCUT2D eigenvalue weighted by Gasteiger charge is -2.40. The van der Waals surface area contributed by atoms with Crippen molar-refractivity contribution in [2.45, 2.75) is 43.7 Å². The van der Waals surface area contributed by atoms with E-state index in [0.29, 0.717) is 0 Å². The number of ether oxygens (including phenoxy) is 2. The van der Waals surface area contributed by atoms with E-state index in [1.54, 1.807) is 6.92 Å². The molecule has 1 aliphatic heterocycles. The van der Waals surface area contributed by atoms with Crippen LogP contribution in [0.3, 0.4) is 0 Å². The molecule has 0 aromatic heterocycles. The molecule has 0 saturated carbocycles. The third-order valence-corrected chi connectivity index (χ3v) is 3.46. The van der Waals surface area contributed by atoms with Gasteiger partial charge in [0.25, 0.3) is 0 Å². The van der Waals surface area contributed by atoms with Crippen LogP contribution in [0.2, 0.25) is 0 Å². The molecule has 112 valence electrons.